The number of carbonyl (C=O) groups excluding carboxylic acids is 1. The molecule has 0 saturated carbocycles. The summed E-state index contributed by atoms with van der Waals surface area (Å²) in [4.78, 5) is 37.4. The number of nitrogens with one attached hydrogen (secondary N) is 1. The van der Waals surface area contributed by atoms with Crippen molar-refractivity contribution in [2.24, 2.45) is 5.92 Å². The predicted octanol–water partition coefficient (Wildman–Crippen LogP) is 1.16. The average Bonchev–Trinajstić information content (AvgIpc) is 3.03. The monoisotopic (exact) mass is 406 g/mol. The summed E-state index contributed by atoms with van der Waals surface area (Å²) in [6, 6.07) is 0.194. The number of hydrogen-bond acceptors (Lipinski definition) is 8. The Kier molecular flexibility index (Phi) is 7.08. The molecule has 0 spiro atoms. The molecule has 0 atom stereocenters. The highest BCUT2D eigenvalue weighted by molar-refractivity contribution is 5.81. The second-order valence-corrected chi connectivity index (χ2v) is 7.44. The van der Waals surface area contributed by atoms with E-state index in [-0.39, 0.29) is 23.5 Å². The fourth-order valence-electron chi connectivity index (χ4n) is 3.59. The quantitative estimate of drug-likeness (QED) is 0.469. The van der Waals surface area contributed by atoms with Gasteiger partial charge in [-0.2, -0.15) is 9.97 Å². The number of hydrogen-bond donors (Lipinski definition) is 2. The summed E-state index contributed by atoms with van der Waals surface area (Å²) in [6.45, 7) is 5.57. The summed E-state index contributed by atoms with van der Waals surface area (Å²) >= 11 is 0. The maximum atomic E-state index is 12.4. The van der Waals surface area contributed by atoms with E-state index in [0.29, 0.717) is 43.2 Å². The smallest absolute Gasteiger partial charge is 0.327 e. The van der Waals surface area contributed by atoms with E-state index < -0.39 is 0 Å². The molecule has 3 N–H and O–H groups in total. The molecule has 2 aromatic heterocycles. The first-order valence-corrected chi connectivity index (χ1v) is 10.2. The highest BCUT2D eigenvalue weighted by atomic mass is 16.5. The molecular formula is C19H30N6O4. The van der Waals surface area contributed by atoms with Crippen LogP contribution in [0.15, 0.2) is 4.79 Å². The summed E-state index contributed by atoms with van der Waals surface area (Å²) < 4.78 is 11.9. The van der Waals surface area contributed by atoms with Gasteiger partial charge in [0.15, 0.2) is 11.5 Å². The zero-order chi connectivity index (χ0) is 20.8. The molecular weight excluding hydrogens is 376 g/mol. The predicted molar refractivity (Wildman–Crippen MR) is 109 cm³/mol. The third-order valence-corrected chi connectivity index (χ3v) is 5.39. The van der Waals surface area contributed by atoms with Gasteiger partial charge in [0.1, 0.15) is 5.52 Å². The van der Waals surface area contributed by atoms with E-state index in [1.807, 2.05) is 0 Å². The van der Waals surface area contributed by atoms with E-state index in [1.54, 1.807) is 4.57 Å². The van der Waals surface area contributed by atoms with Gasteiger partial charge < -0.3 is 25.1 Å². The zero-order valence-corrected chi connectivity index (χ0v) is 17.1. The Hall–Kier alpha value is -2.62. The SMILES string of the molecule is CCCCOc1nc(N)c2[nH]c(=O)n(CCN3CCC(CC(=O)OC)CC3)c2n1. The number of nitrogen functional groups attached to an aromatic ring is 1. The van der Waals surface area contributed by atoms with Crippen molar-refractivity contribution < 1.29 is 14.3 Å². The lowest BCUT2D eigenvalue weighted by molar-refractivity contribution is -0.142. The van der Waals surface area contributed by atoms with Gasteiger partial charge in [-0.1, -0.05) is 13.3 Å². The molecule has 160 valence electrons. The average molecular weight is 406 g/mol. The highest BCUT2D eigenvalue weighted by Crippen LogP contribution is 2.21. The summed E-state index contributed by atoms with van der Waals surface area (Å²) in [5, 5.41) is 0. The number of fused-ring (bicyclic) bond motifs is 1. The number of H-pyrrole nitrogens is 1. The lowest BCUT2D eigenvalue weighted by Crippen LogP contribution is -2.37. The van der Waals surface area contributed by atoms with E-state index in [4.69, 9.17) is 15.2 Å². The van der Waals surface area contributed by atoms with E-state index in [1.165, 1.54) is 7.11 Å². The molecule has 0 amide bonds. The van der Waals surface area contributed by atoms with Gasteiger partial charge in [0.25, 0.3) is 0 Å². The molecule has 0 bridgehead atoms. The lowest BCUT2D eigenvalue weighted by Gasteiger charge is -2.31. The van der Waals surface area contributed by atoms with Crippen molar-refractivity contribution in [3.8, 4) is 6.01 Å². The molecule has 0 unspecified atom stereocenters. The van der Waals surface area contributed by atoms with Crippen LogP contribution in [-0.2, 0) is 16.1 Å². The first-order valence-electron chi connectivity index (χ1n) is 10.2. The first kappa shape index (κ1) is 21.1. The summed E-state index contributed by atoms with van der Waals surface area (Å²) in [7, 11) is 1.42. The summed E-state index contributed by atoms with van der Waals surface area (Å²) in [5.74, 6) is 0.425. The van der Waals surface area contributed by atoms with Crippen molar-refractivity contribution in [1.29, 1.82) is 0 Å². The lowest BCUT2D eigenvalue weighted by atomic mass is 9.93. The number of nitrogens with two attached hydrogens (primary N) is 1. The van der Waals surface area contributed by atoms with Crippen molar-refractivity contribution in [1.82, 2.24) is 24.4 Å². The minimum Gasteiger partial charge on any atom is -0.469 e. The number of aromatic amines is 1. The molecule has 10 nitrogen and oxygen atoms in total. The van der Waals surface area contributed by atoms with Crippen LogP contribution in [-0.4, -0.2) is 63.7 Å². The van der Waals surface area contributed by atoms with Crippen molar-refractivity contribution >= 4 is 23.0 Å². The van der Waals surface area contributed by atoms with Crippen LogP contribution in [0.5, 0.6) is 6.01 Å². The Morgan fingerprint density at radius 3 is 2.72 bits per heavy atom. The van der Waals surface area contributed by atoms with Gasteiger partial charge in [0.2, 0.25) is 0 Å². The van der Waals surface area contributed by atoms with Crippen molar-refractivity contribution in [2.45, 2.75) is 45.6 Å². The fraction of sp³-hybridized carbons (Fsp3) is 0.684. The number of imidazole rings is 1. The van der Waals surface area contributed by atoms with Crippen LogP contribution < -0.4 is 16.2 Å². The van der Waals surface area contributed by atoms with Gasteiger partial charge in [-0.05, 0) is 38.3 Å². The second-order valence-electron chi connectivity index (χ2n) is 7.44. The standard InChI is InChI=1S/C19H30N6O4/c1-3-4-11-29-18-22-16(20)15-17(23-18)25(19(27)21-15)10-9-24-7-5-13(6-8-24)12-14(26)28-2/h13H,3-12H2,1-2H3,(H,21,27)(H2,20,22,23). The molecule has 0 radical (unpaired) electrons. The molecule has 10 heteroatoms. The number of nitrogens with zero attached hydrogens (tertiary/aromatic N) is 4. The first-order chi connectivity index (χ1) is 14.0. The number of likely N-dealkylation sites (tertiary alicyclic amines) is 1. The normalized spacial score (nSPS) is 15.7. The number of unbranched alkanes of at least 4 members (excludes halogenated alkanes) is 1. The van der Waals surface area contributed by atoms with E-state index in [0.717, 1.165) is 38.8 Å². The molecule has 1 aliphatic rings. The zero-order valence-electron chi connectivity index (χ0n) is 17.1. The minimum absolute atomic E-state index is 0.150. The number of aromatic nitrogens is 4. The largest absolute Gasteiger partial charge is 0.469 e. The Balaban J connectivity index is 1.63. The second kappa shape index (κ2) is 9.73. The number of piperidine rings is 1. The fourth-order valence-corrected chi connectivity index (χ4v) is 3.59. The molecule has 1 fully saturated rings. The van der Waals surface area contributed by atoms with Crippen LogP contribution in [0.4, 0.5) is 5.82 Å². The Labute approximate surface area is 169 Å². The van der Waals surface area contributed by atoms with E-state index >= 15 is 0 Å². The van der Waals surface area contributed by atoms with Gasteiger partial charge in [-0.15, -0.1) is 0 Å². The molecule has 0 aromatic carbocycles. The number of ether oxygens (including phenoxy) is 2. The number of methoxy groups -OCH3 is 1. The Bertz CT molecular complexity index is 885. The van der Waals surface area contributed by atoms with Crippen molar-refractivity contribution in [2.75, 3.05) is 39.1 Å². The topological polar surface area (TPSA) is 128 Å². The molecule has 3 heterocycles. The molecule has 0 aliphatic carbocycles. The van der Waals surface area contributed by atoms with Crippen molar-refractivity contribution in [3.63, 3.8) is 0 Å². The molecule has 1 saturated heterocycles. The van der Waals surface area contributed by atoms with Gasteiger partial charge in [0, 0.05) is 19.5 Å². The van der Waals surface area contributed by atoms with Crippen LogP contribution in [0, 0.1) is 5.92 Å². The minimum atomic E-state index is -0.257. The molecule has 1 aliphatic heterocycles. The number of carbonyl (C=O) groups is 1. The van der Waals surface area contributed by atoms with Gasteiger partial charge in [0.05, 0.1) is 13.7 Å². The summed E-state index contributed by atoms with van der Waals surface area (Å²) in [6.07, 6.45) is 4.27. The van der Waals surface area contributed by atoms with Crippen LogP contribution in [0.1, 0.15) is 39.0 Å². The molecule has 3 rings (SSSR count). The number of rotatable bonds is 9. The molecule has 29 heavy (non-hydrogen) atoms. The van der Waals surface area contributed by atoms with Gasteiger partial charge >= 0.3 is 17.7 Å². The maximum absolute atomic E-state index is 12.4. The van der Waals surface area contributed by atoms with Crippen LogP contribution in [0.3, 0.4) is 0 Å². The van der Waals surface area contributed by atoms with Crippen LogP contribution >= 0.6 is 0 Å². The van der Waals surface area contributed by atoms with Crippen molar-refractivity contribution in [3.05, 3.63) is 10.5 Å². The number of anilines is 1. The van der Waals surface area contributed by atoms with Gasteiger partial charge in [-0.25, -0.2) is 4.79 Å². The van der Waals surface area contributed by atoms with E-state index in [2.05, 4.69) is 26.8 Å². The van der Waals surface area contributed by atoms with E-state index in [9.17, 15) is 9.59 Å². The van der Waals surface area contributed by atoms with Crippen LogP contribution in [0.25, 0.3) is 11.2 Å². The summed E-state index contributed by atoms with van der Waals surface area (Å²) in [5.41, 5.74) is 6.64. The molecule has 2 aromatic rings. The highest BCUT2D eigenvalue weighted by Gasteiger charge is 2.22. The maximum Gasteiger partial charge on any atom is 0.327 e. The third kappa shape index (κ3) is 5.26. The Morgan fingerprint density at radius 2 is 2.03 bits per heavy atom. The Morgan fingerprint density at radius 1 is 1.28 bits per heavy atom. The van der Waals surface area contributed by atoms with Gasteiger partial charge in [-0.3, -0.25) is 9.36 Å². The third-order valence-electron chi connectivity index (χ3n) is 5.39. The van der Waals surface area contributed by atoms with Crippen LogP contribution in [0.2, 0.25) is 0 Å². The number of esters is 1.